The number of nitrogens with zero attached hydrogens (tertiary/aromatic N) is 2. The van der Waals surface area contributed by atoms with Gasteiger partial charge in [-0.25, -0.2) is 9.97 Å². The molecule has 0 bridgehead atoms. The van der Waals surface area contributed by atoms with Crippen molar-refractivity contribution in [2.75, 3.05) is 0 Å². The molecular formula is C13H21N3. The van der Waals surface area contributed by atoms with Crippen molar-refractivity contribution in [3.8, 4) is 0 Å². The van der Waals surface area contributed by atoms with Crippen LogP contribution in [0, 0.1) is 11.8 Å². The van der Waals surface area contributed by atoms with E-state index < -0.39 is 0 Å². The molecule has 1 aliphatic rings. The molecule has 16 heavy (non-hydrogen) atoms. The third kappa shape index (κ3) is 3.01. The molecule has 0 spiro atoms. The van der Waals surface area contributed by atoms with Gasteiger partial charge in [0, 0.05) is 30.5 Å². The molecule has 88 valence electrons. The standard InChI is InChI=1S/C13H21N3/c1-10-3-4-13(11(2)5-10)16-8-12-6-14-9-15-7-12/h6-7,9-11,13,16H,3-5,8H2,1-2H3. The number of nitrogens with one attached hydrogen (secondary N) is 1. The highest BCUT2D eigenvalue weighted by Gasteiger charge is 2.24. The maximum Gasteiger partial charge on any atom is 0.115 e. The molecule has 3 heteroatoms. The van der Waals surface area contributed by atoms with Gasteiger partial charge in [0.2, 0.25) is 0 Å². The first kappa shape index (κ1) is 11.5. The molecule has 0 saturated heterocycles. The lowest BCUT2D eigenvalue weighted by Crippen LogP contribution is -2.38. The SMILES string of the molecule is CC1CCC(NCc2cncnc2)C(C)C1. The van der Waals surface area contributed by atoms with Gasteiger partial charge in [0.15, 0.2) is 0 Å². The van der Waals surface area contributed by atoms with Crippen LogP contribution in [0.3, 0.4) is 0 Å². The van der Waals surface area contributed by atoms with Crippen LogP contribution in [0.4, 0.5) is 0 Å². The van der Waals surface area contributed by atoms with Crippen LogP contribution in [0.25, 0.3) is 0 Å². The van der Waals surface area contributed by atoms with E-state index in [9.17, 15) is 0 Å². The lowest BCUT2D eigenvalue weighted by Gasteiger charge is -2.33. The zero-order valence-electron chi connectivity index (χ0n) is 10.2. The van der Waals surface area contributed by atoms with Gasteiger partial charge in [-0.05, 0) is 31.1 Å². The molecule has 3 atom stereocenters. The van der Waals surface area contributed by atoms with Gasteiger partial charge in [-0.1, -0.05) is 13.8 Å². The Morgan fingerprint density at radius 3 is 2.69 bits per heavy atom. The normalized spacial score (nSPS) is 30.2. The van der Waals surface area contributed by atoms with Crippen LogP contribution in [-0.4, -0.2) is 16.0 Å². The minimum absolute atomic E-state index is 0.663. The highest BCUT2D eigenvalue weighted by molar-refractivity contribution is 5.02. The molecule has 1 fully saturated rings. The minimum atomic E-state index is 0.663. The molecule has 3 nitrogen and oxygen atoms in total. The Kier molecular flexibility index (Phi) is 3.88. The van der Waals surface area contributed by atoms with Crippen molar-refractivity contribution < 1.29 is 0 Å². The fraction of sp³-hybridized carbons (Fsp3) is 0.692. The van der Waals surface area contributed by atoms with Gasteiger partial charge in [0.05, 0.1) is 0 Å². The van der Waals surface area contributed by atoms with Gasteiger partial charge < -0.3 is 5.32 Å². The van der Waals surface area contributed by atoms with E-state index in [4.69, 9.17) is 0 Å². The van der Waals surface area contributed by atoms with Gasteiger partial charge in [-0.2, -0.15) is 0 Å². The summed E-state index contributed by atoms with van der Waals surface area (Å²) in [6.45, 7) is 5.61. The van der Waals surface area contributed by atoms with E-state index in [1.807, 2.05) is 12.4 Å². The lowest BCUT2D eigenvalue weighted by atomic mass is 9.80. The summed E-state index contributed by atoms with van der Waals surface area (Å²) >= 11 is 0. The molecule has 1 heterocycles. The van der Waals surface area contributed by atoms with E-state index >= 15 is 0 Å². The number of hydrogen-bond acceptors (Lipinski definition) is 3. The number of hydrogen-bond donors (Lipinski definition) is 1. The highest BCUT2D eigenvalue weighted by atomic mass is 14.9. The Bertz CT molecular complexity index is 312. The van der Waals surface area contributed by atoms with E-state index in [1.165, 1.54) is 24.8 Å². The van der Waals surface area contributed by atoms with E-state index in [2.05, 4.69) is 29.1 Å². The maximum absolute atomic E-state index is 4.03. The summed E-state index contributed by atoms with van der Waals surface area (Å²) in [6, 6.07) is 0.663. The summed E-state index contributed by atoms with van der Waals surface area (Å²) in [5.74, 6) is 1.68. The summed E-state index contributed by atoms with van der Waals surface area (Å²) in [5, 5.41) is 3.63. The third-order valence-electron chi connectivity index (χ3n) is 3.61. The summed E-state index contributed by atoms with van der Waals surface area (Å²) in [6.07, 6.45) is 9.35. The second-order valence-corrected chi connectivity index (χ2v) is 5.13. The van der Waals surface area contributed by atoms with Crippen molar-refractivity contribution in [1.29, 1.82) is 0 Å². The van der Waals surface area contributed by atoms with Gasteiger partial charge in [-0.3, -0.25) is 0 Å². The average molecular weight is 219 g/mol. The Labute approximate surface area is 97.7 Å². The molecule has 0 aromatic carbocycles. The summed E-state index contributed by atoms with van der Waals surface area (Å²) in [4.78, 5) is 8.06. The second kappa shape index (κ2) is 5.39. The van der Waals surface area contributed by atoms with E-state index in [0.717, 1.165) is 18.4 Å². The fourth-order valence-corrected chi connectivity index (χ4v) is 2.64. The van der Waals surface area contributed by atoms with Crippen LogP contribution in [0.1, 0.15) is 38.7 Å². The summed E-state index contributed by atoms with van der Waals surface area (Å²) in [7, 11) is 0. The van der Waals surface area contributed by atoms with Gasteiger partial charge in [-0.15, -0.1) is 0 Å². The predicted octanol–water partition coefficient (Wildman–Crippen LogP) is 2.39. The first-order valence-electron chi connectivity index (χ1n) is 6.23. The average Bonchev–Trinajstić information content (AvgIpc) is 2.29. The number of aromatic nitrogens is 2. The Morgan fingerprint density at radius 2 is 2.00 bits per heavy atom. The van der Waals surface area contributed by atoms with Crippen molar-refractivity contribution >= 4 is 0 Å². The first-order valence-corrected chi connectivity index (χ1v) is 6.23. The van der Waals surface area contributed by atoms with Crippen LogP contribution in [-0.2, 0) is 6.54 Å². The smallest absolute Gasteiger partial charge is 0.115 e. The van der Waals surface area contributed by atoms with Crippen LogP contribution in [0.2, 0.25) is 0 Å². The zero-order chi connectivity index (χ0) is 11.4. The Balaban J connectivity index is 1.82. The predicted molar refractivity (Wildman–Crippen MR) is 64.8 cm³/mol. The molecule has 0 radical (unpaired) electrons. The van der Waals surface area contributed by atoms with Crippen LogP contribution >= 0.6 is 0 Å². The topological polar surface area (TPSA) is 37.8 Å². The van der Waals surface area contributed by atoms with Gasteiger partial charge in [0.1, 0.15) is 6.33 Å². The summed E-state index contributed by atoms with van der Waals surface area (Å²) < 4.78 is 0. The molecule has 0 amide bonds. The molecular weight excluding hydrogens is 198 g/mol. The van der Waals surface area contributed by atoms with E-state index in [0.29, 0.717) is 6.04 Å². The molecule has 3 unspecified atom stereocenters. The quantitative estimate of drug-likeness (QED) is 0.848. The molecule has 1 aromatic rings. The second-order valence-electron chi connectivity index (χ2n) is 5.13. The van der Waals surface area contributed by atoms with E-state index in [-0.39, 0.29) is 0 Å². The molecule has 1 N–H and O–H groups in total. The molecule has 1 saturated carbocycles. The Morgan fingerprint density at radius 1 is 1.25 bits per heavy atom. The lowest BCUT2D eigenvalue weighted by molar-refractivity contribution is 0.227. The van der Waals surface area contributed by atoms with Gasteiger partial charge >= 0.3 is 0 Å². The number of rotatable bonds is 3. The van der Waals surface area contributed by atoms with Crippen molar-refractivity contribution in [3.63, 3.8) is 0 Å². The highest BCUT2D eigenvalue weighted by Crippen LogP contribution is 2.28. The van der Waals surface area contributed by atoms with Crippen molar-refractivity contribution in [2.24, 2.45) is 11.8 Å². The minimum Gasteiger partial charge on any atom is -0.310 e. The van der Waals surface area contributed by atoms with Crippen LogP contribution < -0.4 is 5.32 Å². The van der Waals surface area contributed by atoms with Crippen molar-refractivity contribution in [1.82, 2.24) is 15.3 Å². The fourth-order valence-electron chi connectivity index (χ4n) is 2.64. The Hall–Kier alpha value is -0.960. The monoisotopic (exact) mass is 219 g/mol. The van der Waals surface area contributed by atoms with E-state index in [1.54, 1.807) is 6.33 Å². The zero-order valence-corrected chi connectivity index (χ0v) is 10.2. The largest absolute Gasteiger partial charge is 0.310 e. The molecule has 1 aliphatic carbocycles. The molecule has 2 rings (SSSR count). The van der Waals surface area contributed by atoms with Crippen LogP contribution in [0.5, 0.6) is 0 Å². The first-order chi connectivity index (χ1) is 7.75. The summed E-state index contributed by atoms with van der Waals surface area (Å²) in [5.41, 5.74) is 1.17. The van der Waals surface area contributed by atoms with Crippen molar-refractivity contribution in [3.05, 3.63) is 24.3 Å². The third-order valence-corrected chi connectivity index (χ3v) is 3.61. The maximum atomic E-state index is 4.03. The molecule has 0 aliphatic heterocycles. The van der Waals surface area contributed by atoms with Crippen molar-refractivity contribution in [2.45, 2.75) is 45.7 Å². The van der Waals surface area contributed by atoms with Gasteiger partial charge in [0.25, 0.3) is 0 Å². The molecule has 1 aromatic heterocycles. The van der Waals surface area contributed by atoms with Crippen LogP contribution in [0.15, 0.2) is 18.7 Å².